The smallest absolute Gasteiger partial charge is 0.281 e. The Morgan fingerprint density at radius 1 is 1.67 bits per heavy atom. The van der Waals surface area contributed by atoms with E-state index in [0.717, 1.165) is 6.07 Å². The molecule has 1 heterocycles. The maximum atomic E-state index is 12.4. The second-order valence-electron chi connectivity index (χ2n) is 2.53. The normalized spacial score (nSPS) is 10.1. The molecule has 78 valence electrons. The molecule has 0 saturated carbocycles. The molecule has 1 rings (SSSR count). The molecule has 0 bridgehead atoms. The van der Waals surface area contributed by atoms with E-state index in [9.17, 15) is 13.6 Å². The maximum Gasteiger partial charge on any atom is 0.281 e. The van der Waals surface area contributed by atoms with Gasteiger partial charge >= 0.3 is 0 Å². The van der Waals surface area contributed by atoms with Crippen LogP contribution in [0, 0.1) is 14.9 Å². The van der Waals surface area contributed by atoms with Gasteiger partial charge in [0.25, 0.3) is 12.3 Å². The van der Waals surface area contributed by atoms with Gasteiger partial charge in [-0.05, 0) is 28.7 Å². The monoisotopic (exact) mass is 323 g/mol. The molecule has 1 amide bonds. The van der Waals surface area contributed by atoms with Crippen molar-refractivity contribution in [2.24, 2.45) is 5.73 Å². The SMILES string of the molecule is N#Cc1nc(C(F)F)c(I)cc1C(N)=O. The molecule has 0 unspecified atom stereocenters. The van der Waals surface area contributed by atoms with Gasteiger partial charge in [0.1, 0.15) is 11.8 Å². The highest BCUT2D eigenvalue weighted by atomic mass is 127. The van der Waals surface area contributed by atoms with E-state index in [2.05, 4.69) is 4.98 Å². The zero-order valence-corrected chi connectivity index (χ0v) is 9.33. The largest absolute Gasteiger partial charge is 0.366 e. The van der Waals surface area contributed by atoms with E-state index in [-0.39, 0.29) is 14.8 Å². The quantitative estimate of drug-likeness (QED) is 0.840. The third-order valence-corrected chi connectivity index (χ3v) is 2.45. The van der Waals surface area contributed by atoms with Crippen molar-refractivity contribution in [2.45, 2.75) is 6.43 Å². The van der Waals surface area contributed by atoms with E-state index in [1.165, 1.54) is 0 Å². The van der Waals surface area contributed by atoms with Crippen LogP contribution in [-0.4, -0.2) is 10.9 Å². The van der Waals surface area contributed by atoms with E-state index in [4.69, 9.17) is 11.0 Å². The molecule has 15 heavy (non-hydrogen) atoms. The van der Waals surface area contributed by atoms with Gasteiger partial charge in [-0.1, -0.05) is 0 Å². The fraction of sp³-hybridized carbons (Fsp3) is 0.125. The third-order valence-electron chi connectivity index (χ3n) is 1.58. The van der Waals surface area contributed by atoms with Crippen molar-refractivity contribution >= 4 is 28.5 Å². The van der Waals surface area contributed by atoms with Crippen molar-refractivity contribution in [3.63, 3.8) is 0 Å². The van der Waals surface area contributed by atoms with Gasteiger partial charge in [0.05, 0.1) is 5.56 Å². The number of hydrogen-bond donors (Lipinski definition) is 1. The average molecular weight is 323 g/mol. The van der Waals surface area contributed by atoms with E-state index >= 15 is 0 Å². The van der Waals surface area contributed by atoms with Crippen LogP contribution in [0.2, 0.25) is 0 Å². The fourth-order valence-electron chi connectivity index (χ4n) is 0.929. The summed E-state index contributed by atoms with van der Waals surface area (Å²) in [5.41, 5.74) is 3.92. The molecule has 0 atom stereocenters. The highest BCUT2D eigenvalue weighted by molar-refractivity contribution is 14.1. The number of carbonyl (C=O) groups excluding carboxylic acids is 1. The van der Waals surface area contributed by atoms with E-state index in [1.54, 1.807) is 28.7 Å². The van der Waals surface area contributed by atoms with Crippen molar-refractivity contribution in [1.29, 1.82) is 5.26 Å². The zero-order chi connectivity index (χ0) is 11.6. The number of pyridine rings is 1. The van der Waals surface area contributed by atoms with Gasteiger partial charge in [-0.2, -0.15) is 5.26 Å². The van der Waals surface area contributed by atoms with Gasteiger partial charge in [0.2, 0.25) is 0 Å². The number of alkyl halides is 2. The van der Waals surface area contributed by atoms with Gasteiger partial charge in [0, 0.05) is 3.57 Å². The summed E-state index contributed by atoms with van der Waals surface area (Å²) in [6, 6.07) is 2.69. The summed E-state index contributed by atoms with van der Waals surface area (Å²) in [7, 11) is 0. The Balaban J connectivity index is 3.44. The Bertz CT molecular complexity index is 456. The molecule has 1 aromatic heterocycles. The van der Waals surface area contributed by atoms with Crippen LogP contribution in [0.3, 0.4) is 0 Å². The summed E-state index contributed by atoms with van der Waals surface area (Å²) >= 11 is 1.61. The lowest BCUT2D eigenvalue weighted by Crippen LogP contribution is -2.15. The van der Waals surface area contributed by atoms with Gasteiger partial charge in [-0.25, -0.2) is 13.8 Å². The second-order valence-corrected chi connectivity index (χ2v) is 3.69. The molecule has 0 aromatic carbocycles. The van der Waals surface area contributed by atoms with Crippen LogP contribution in [-0.2, 0) is 0 Å². The number of amides is 1. The van der Waals surface area contributed by atoms with Crippen molar-refractivity contribution in [2.75, 3.05) is 0 Å². The van der Waals surface area contributed by atoms with Crippen LogP contribution in [0.5, 0.6) is 0 Å². The average Bonchev–Trinajstić information content (AvgIpc) is 2.16. The summed E-state index contributed by atoms with van der Waals surface area (Å²) in [5, 5.41) is 8.60. The number of primary amides is 1. The summed E-state index contributed by atoms with van der Waals surface area (Å²) in [6.07, 6.45) is -2.79. The molecule has 0 aliphatic heterocycles. The number of aromatic nitrogens is 1. The topological polar surface area (TPSA) is 79.8 Å². The minimum Gasteiger partial charge on any atom is -0.366 e. The number of nitrogens with two attached hydrogens (primary N) is 1. The van der Waals surface area contributed by atoms with Gasteiger partial charge in [-0.3, -0.25) is 4.79 Å². The molecule has 0 aliphatic carbocycles. The predicted octanol–water partition coefficient (Wildman–Crippen LogP) is 1.59. The van der Waals surface area contributed by atoms with Gasteiger partial charge in [-0.15, -0.1) is 0 Å². The molecule has 0 spiro atoms. The third kappa shape index (κ3) is 2.38. The Morgan fingerprint density at radius 2 is 2.27 bits per heavy atom. The van der Waals surface area contributed by atoms with Crippen molar-refractivity contribution < 1.29 is 13.6 Å². The summed E-state index contributed by atoms with van der Waals surface area (Å²) < 4.78 is 24.9. The summed E-state index contributed by atoms with van der Waals surface area (Å²) in [6.45, 7) is 0. The van der Waals surface area contributed by atoms with Gasteiger partial charge in [0.15, 0.2) is 5.69 Å². The molecular weight excluding hydrogens is 319 g/mol. The number of carbonyl (C=O) groups is 1. The molecule has 1 aromatic rings. The first-order valence-corrected chi connectivity index (χ1v) is 4.73. The Morgan fingerprint density at radius 3 is 2.67 bits per heavy atom. The predicted molar refractivity (Wildman–Crippen MR) is 55.1 cm³/mol. The first-order valence-electron chi connectivity index (χ1n) is 3.66. The molecule has 4 nitrogen and oxygen atoms in total. The highest BCUT2D eigenvalue weighted by Crippen LogP contribution is 2.24. The highest BCUT2D eigenvalue weighted by Gasteiger charge is 2.19. The van der Waals surface area contributed by atoms with E-state index in [1.807, 2.05) is 0 Å². The van der Waals surface area contributed by atoms with Crippen LogP contribution in [0.4, 0.5) is 8.78 Å². The number of nitrogens with zero attached hydrogens (tertiary/aromatic N) is 2. The molecule has 0 aliphatic rings. The molecule has 0 saturated heterocycles. The molecule has 7 heteroatoms. The number of nitriles is 1. The van der Waals surface area contributed by atoms with Crippen LogP contribution in [0.1, 0.15) is 28.2 Å². The second kappa shape index (κ2) is 4.48. The zero-order valence-electron chi connectivity index (χ0n) is 7.17. The standard InChI is InChI=1S/C8H4F2IN3O/c9-7(10)6-4(11)1-3(8(13)15)5(2-12)14-6/h1,7H,(H2,13,15). The van der Waals surface area contributed by atoms with Gasteiger partial charge < -0.3 is 5.73 Å². The Labute approximate surface area is 97.2 Å². The lowest BCUT2D eigenvalue weighted by Gasteiger charge is -2.05. The maximum absolute atomic E-state index is 12.4. The van der Waals surface area contributed by atoms with Crippen LogP contribution in [0.15, 0.2) is 6.07 Å². The molecule has 0 radical (unpaired) electrons. The summed E-state index contributed by atoms with van der Waals surface area (Å²) in [4.78, 5) is 14.2. The van der Waals surface area contributed by atoms with Crippen molar-refractivity contribution in [1.82, 2.24) is 4.98 Å². The lowest BCUT2D eigenvalue weighted by molar-refractivity contribution is 0.0998. The minimum absolute atomic E-state index is 0.107. The van der Waals surface area contributed by atoms with Crippen molar-refractivity contribution in [3.05, 3.63) is 26.6 Å². The van der Waals surface area contributed by atoms with Crippen LogP contribution >= 0.6 is 22.6 Å². The fourth-order valence-corrected chi connectivity index (χ4v) is 1.60. The first kappa shape index (κ1) is 11.8. The van der Waals surface area contributed by atoms with E-state index < -0.39 is 18.0 Å². The molecule has 2 N–H and O–H groups in total. The summed E-state index contributed by atoms with van der Waals surface area (Å²) in [5.74, 6) is -0.863. The minimum atomic E-state index is -2.79. The van der Waals surface area contributed by atoms with Crippen LogP contribution in [0.25, 0.3) is 0 Å². The lowest BCUT2D eigenvalue weighted by atomic mass is 10.1. The number of hydrogen-bond acceptors (Lipinski definition) is 3. The number of rotatable bonds is 2. The molecular formula is C8H4F2IN3O. The number of halogens is 3. The molecule has 0 fully saturated rings. The van der Waals surface area contributed by atoms with Crippen LogP contribution < -0.4 is 5.73 Å². The van der Waals surface area contributed by atoms with Crippen molar-refractivity contribution in [3.8, 4) is 6.07 Å². The first-order chi connectivity index (χ1) is 6.97. The Kier molecular flexibility index (Phi) is 3.52. The Hall–Kier alpha value is -1.30. The van der Waals surface area contributed by atoms with E-state index in [0.29, 0.717) is 0 Å².